The molecule has 0 saturated carbocycles. The van der Waals surface area contributed by atoms with Crippen LogP contribution in [0.2, 0.25) is 0 Å². The summed E-state index contributed by atoms with van der Waals surface area (Å²) in [5.74, 6) is -0.0437. The van der Waals surface area contributed by atoms with E-state index < -0.39 is 6.10 Å². The molecule has 1 amide bonds. The van der Waals surface area contributed by atoms with Crippen LogP contribution in [0.4, 0.5) is 0 Å². The van der Waals surface area contributed by atoms with Crippen molar-refractivity contribution in [2.24, 2.45) is 5.92 Å². The summed E-state index contributed by atoms with van der Waals surface area (Å²) in [6.07, 6.45) is 3.24. The van der Waals surface area contributed by atoms with Crippen molar-refractivity contribution in [3.05, 3.63) is 69.6 Å². The van der Waals surface area contributed by atoms with Gasteiger partial charge < -0.3 is 15.0 Å². The second-order valence-corrected chi connectivity index (χ2v) is 6.78. The van der Waals surface area contributed by atoms with Gasteiger partial charge in [0.25, 0.3) is 5.91 Å². The number of hydrogen-bond acceptors (Lipinski definition) is 3. The second kappa shape index (κ2) is 7.66. The van der Waals surface area contributed by atoms with E-state index in [4.69, 9.17) is 0 Å². The van der Waals surface area contributed by atoms with Crippen molar-refractivity contribution < 1.29 is 9.90 Å². The number of carbonyl (C=O) groups excluding carboxylic acids is 1. The molecular weight excluding hydrogens is 316 g/mol. The molecule has 25 heavy (non-hydrogen) atoms. The van der Waals surface area contributed by atoms with Crippen LogP contribution in [0.3, 0.4) is 0 Å². The number of piperidine rings is 1. The first-order valence-corrected chi connectivity index (χ1v) is 8.75. The maximum absolute atomic E-state index is 12.5. The van der Waals surface area contributed by atoms with E-state index in [1.165, 1.54) is 12.3 Å². The van der Waals surface area contributed by atoms with Crippen molar-refractivity contribution >= 4 is 5.91 Å². The standard InChI is InChI=1S/C20H24N2O3/c1-14-11-19(24)17(13-21-14)20(25)22-9-7-16(8-10-22)18(23)12-15-5-3-2-4-6-15/h2-6,11,13,16,18,23H,7-10,12H2,1H3,(H,21,24). The molecule has 1 saturated heterocycles. The lowest BCUT2D eigenvalue weighted by Gasteiger charge is -2.34. The van der Waals surface area contributed by atoms with Crippen molar-refractivity contribution in [3.63, 3.8) is 0 Å². The number of pyridine rings is 1. The molecule has 3 rings (SSSR count). The van der Waals surface area contributed by atoms with Gasteiger partial charge in [-0.25, -0.2) is 0 Å². The molecule has 1 aliphatic heterocycles. The number of nitrogens with zero attached hydrogens (tertiary/aromatic N) is 1. The number of aliphatic hydroxyl groups excluding tert-OH is 1. The number of aliphatic hydroxyl groups is 1. The third kappa shape index (κ3) is 4.17. The second-order valence-electron chi connectivity index (χ2n) is 6.78. The summed E-state index contributed by atoms with van der Waals surface area (Å²) in [4.78, 5) is 29.2. The van der Waals surface area contributed by atoms with E-state index in [9.17, 15) is 14.7 Å². The largest absolute Gasteiger partial charge is 0.392 e. The third-order valence-corrected chi connectivity index (χ3v) is 4.95. The first kappa shape index (κ1) is 17.4. The fourth-order valence-electron chi connectivity index (χ4n) is 3.42. The van der Waals surface area contributed by atoms with Crippen molar-refractivity contribution in [1.29, 1.82) is 0 Å². The number of rotatable bonds is 4. The lowest BCUT2D eigenvalue weighted by Crippen LogP contribution is -2.43. The average Bonchev–Trinajstić information content (AvgIpc) is 2.62. The molecule has 132 valence electrons. The molecule has 0 spiro atoms. The van der Waals surface area contributed by atoms with E-state index in [0.29, 0.717) is 19.5 Å². The van der Waals surface area contributed by atoms with Gasteiger partial charge in [0.2, 0.25) is 0 Å². The van der Waals surface area contributed by atoms with Gasteiger partial charge in [-0.1, -0.05) is 30.3 Å². The Morgan fingerprint density at radius 3 is 2.60 bits per heavy atom. The van der Waals surface area contributed by atoms with E-state index in [0.717, 1.165) is 24.1 Å². The summed E-state index contributed by atoms with van der Waals surface area (Å²) in [5, 5.41) is 10.5. The average molecular weight is 340 g/mol. The summed E-state index contributed by atoms with van der Waals surface area (Å²) >= 11 is 0. The molecular formula is C20H24N2O3. The monoisotopic (exact) mass is 340 g/mol. The number of aryl methyl sites for hydroxylation is 1. The zero-order chi connectivity index (χ0) is 17.8. The zero-order valence-electron chi connectivity index (χ0n) is 14.4. The molecule has 0 bridgehead atoms. The Hall–Kier alpha value is -2.40. The van der Waals surface area contributed by atoms with Gasteiger partial charge in [-0.3, -0.25) is 9.59 Å². The van der Waals surface area contributed by atoms with Crippen molar-refractivity contribution in [3.8, 4) is 0 Å². The highest BCUT2D eigenvalue weighted by Crippen LogP contribution is 2.23. The van der Waals surface area contributed by atoms with Crippen LogP contribution >= 0.6 is 0 Å². The van der Waals surface area contributed by atoms with Crippen LogP contribution in [0.5, 0.6) is 0 Å². The lowest BCUT2D eigenvalue weighted by atomic mass is 9.88. The van der Waals surface area contributed by atoms with Crippen molar-refractivity contribution in [2.45, 2.75) is 32.3 Å². The molecule has 1 atom stereocenters. The van der Waals surface area contributed by atoms with Gasteiger partial charge in [-0.15, -0.1) is 0 Å². The minimum absolute atomic E-state index is 0.181. The van der Waals surface area contributed by atoms with Gasteiger partial charge in [-0.2, -0.15) is 0 Å². The van der Waals surface area contributed by atoms with Crippen LogP contribution in [0.1, 0.15) is 34.5 Å². The normalized spacial score (nSPS) is 16.6. The summed E-state index contributed by atoms with van der Waals surface area (Å²) in [7, 11) is 0. The van der Waals surface area contributed by atoms with E-state index in [2.05, 4.69) is 4.98 Å². The molecule has 0 radical (unpaired) electrons. The number of H-pyrrole nitrogens is 1. The molecule has 2 N–H and O–H groups in total. The zero-order valence-corrected chi connectivity index (χ0v) is 14.4. The molecule has 5 heteroatoms. The molecule has 1 aromatic heterocycles. The first-order valence-electron chi connectivity index (χ1n) is 8.75. The number of amides is 1. The number of nitrogens with one attached hydrogen (secondary N) is 1. The molecule has 1 fully saturated rings. The van der Waals surface area contributed by atoms with Crippen LogP contribution in [0.25, 0.3) is 0 Å². The first-order chi connectivity index (χ1) is 12.0. The van der Waals surface area contributed by atoms with Gasteiger partial charge in [-0.05, 0) is 37.7 Å². The van der Waals surface area contributed by atoms with Crippen molar-refractivity contribution in [2.75, 3.05) is 13.1 Å². The van der Waals surface area contributed by atoms with Gasteiger partial charge in [0, 0.05) is 31.0 Å². The van der Waals surface area contributed by atoms with Gasteiger partial charge in [0.15, 0.2) is 5.43 Å². The predicted molar refractivity (Wildman–Crippen MR) is 96.6 cm³/mol. The van der Waals surface area contributed by atoms with E-state index in [-0.39, 0.29) is 22.8 Å². The minimum Gasteiger partial charge on any atom is -0.392 e. The predicted octanol–water partition coefficient (Wildman–Crippen LogP) is 2.14. The Balaban J connectivity index is 1.58. The highest BCUT2D eigenvalue weighted by molar-refractivity contribution is 5.93. The van der Waals surface area contributed by atoms with Crippen LogP contribution in [-0.4, -0.2) is 40.1 Å². The molecule has 5 nitrogen and oxygen atoms in total. The van der Waals surface area contributed by atoms with Crippen LogP contribution < -0.4 is 5.43 Å². The number of aromatic nitrogens is 1. The van der Waals surface area contributed by atoms with E-state index >= 15 is 0 Å². The van der Waals surface area contributed by atoms with Gasteiger partial charge in [0.1, 0.15) is 5.56 Å². The molecule has 1 aromatic carbocycles. The Morgan fingerprint density at radius 1 is 1.28 bits per heavy atom. The Morgan fingerprint density at radius 2 is 1.96 bits per heavy atom. The SMILES string of the molecule is Cc1cc(=O)c(C(=O)N2CCC(C(O)Cc3ccccc3)CC2)c[nH]1. The third-order valence-electron chi connectivity index (χ3n) is 4.95. The smallest absolute Gasteiger partial charge is 0.259 e. The Labute approximate surface area is 147 Å². The molecule has 0 aliphatic carbocycles. The maximum Gasteiger partial charge on any atom is 0.259 e. The quantitative estimate of drug-likeness (QED) is 0.895. The Kier molecular flexibility index (Phi) is 5.34. The van der Waals surface area contributed by atoms with Crippen LogP contribution in [0, 0.1) is 12.8 Å². The number of benzene rings is 1. The maximum atomic E-state index is 12.5. The lowest BCUT2D eigenvalue weighted by molar-refractivity contribution is 0.0466. The fourth-order valence-corrected chi connectivity index (χ4v) is 3.42. The summed E-state index contributed by atoms with van der Waals surface area (Å²) in [6, 6.07) is 11.4. The van der Waals surface area contributed by atoms with E-state index in [1.54, 1.807) is 11.8 Å². The number of carbonyl (C=O) groups is 1. The molecule has 2 aromatic rings. The van der Waals surface area contributed by atoms with Crippen molar-refractivity contribution in [1.82, 2.24) is 9.88 Å². The highest BCUT2D eigenvalue weighted by atomic mass is 16.3. The highest BCUT2D eigenvalue weighted by Gasteiger charge is 2.28. The van der Waals surface area contributed by atoms with Gasteiger partial charge >= 0.3 is 0 Å². The minimum atomic E-state index is -0.401. The van der Waals surface area contributed by atoms with E-state index in [1.807, 2.05) is 30.3 Å². The fraction of sp³-hybridized carbons (Fsp3) is 0.400. The molecule has 2 heterocycles. The number of aromatic amines is 1. The number of hydrogen-bond donors (Lipinski definition) is 2. The van der Waals surface area contributed by atoms with Crippen LogP contribution in [0.15, 0.2) is 47.4 Å². The van der Waals surface area contributed by atoms with Crippen LogP contribution in [-0.2, 0) is 6.42 Å². The summed E-state index contributed by atoms with van der Waals surface area (Å²) in [6.45, 7) is 2.93. The van der Waals surface area contributed by atoms with Gasteiger partial charge in [0.05, 0.1) is 6.10 Å². The molecule has 1 aliphatic rings. The summed E-state index contributed by atoms with van der Waals surface area (Å²) < 4.78 is 0. The molecule has 1 unspecified atom stereocenters. The summed E-state index contributed by atoms with van der Waals surface area (Å²) in [5.41, 5.74) is 1.81. The number of likely N-dealkylation sites (tertiary alicyclic amines) is 1. The topological polar surface area (TPSA) is 73.4 Å². The Bertz CT molecular complexity index is 777.